The van der Waals surface area contributed by atoms with E-state index in [4.69, 9.17) is 5.73 Å². The predicted octanol–water partition coefficient (Wildman–Crippen LogP) is 0.798. The third-order valence-corrected chi connectivity index (χ3v) is 1.02. The van der Waals surface area contributed by atoms with Crippen LogP contribution in [0.25, 0.3) is 0 Å². The second-order valence-corrected chi connectivity index (χ2v) is 1.70. The molecule has 0 aromatic carbocycles. The van der Waals surface area contributed by atoms with Gasteiger partial charge >= 0.3 is 0 Å². The summed E-state index contributed by atoms with van der Waals surface area (Å²) in [5, 5.41) is 0. The number of nitrogens with two attached hydrogens (primary N) is 1. The SMILES string of the molecule is C=C/C(N)=C(/C=C/C=O)N=C. The molecule has 0 aliphatic carbocycles. The minimum atomic E-state index is 0.401. The number of nitrogens with zero attached hydrogens (tertiary/aromatic N) is 1. The quantitative estimate of drug-likeness (QED) is 0.279. The third-order valence-electron chi connectivity index (χ3n) is 1.02. The Labute approximate surface area is 65.6 Å². The lowest BCUT2D eigenvalue weighted by atomic mass is 10.3. The maximum Gasteiger partial charge on any atom is 0.142 e. The van der Waals surface area contributed by atoms with Crippen LogP contribution in [0.1, 0.15) is 0 Å². The topological polar surface area (TPSA) is 55.5 Å². The molecule has 0 radical (unpaired) electrons. The van der Waals surface area contributed by atoms with E-state index in [2.05, 4.69) is 18.3 Å². The highest BCUT2D eigenvalue weighted by Gasteiger charge is 1.90. The Bertz CT molecular complexity index is 226. The number of hydrogen-bond acceptors (Lipinski definition) is 3. The Kier molecular flexibility index (Phi) is 4.40. The van der Waals surface area contributed by atoms with E-state index in [1.807, 2.05) is 0 Å². The van der Waals surface area contributed by atoms with Gasteiger partial charge in [0.25, 0.3) is 0 Å². The summed E-state index contributed by atoms with van der Waals surface area (Å²) in [4.78, 5) is 13.5. The highest BCUT2D eigenvalue weighted by Crippen LogP contribution is 2.01. The van der Waals surface area contributed by atoms with Crippen molar-refractivity contribution in [2.24, 2.45) is 10.7 Å². The molecule has 0 aromatic heterocycles. The second-order valence-electron chi connectivity index (χ2n) is 1.70. The molecule has 0 aromatic rings. The molecule has 0 aliphatic heterocycles. The van der Waals surface area contributed by atoms with Crippen molar-refractivity contribution in [3.63, 3.8) is 0 Å². The minimum absolute atomic E-state index is 0.401. The van der Waals surface area contributed by atoms with Gasteiger partial charge in [0.15, 0.2) is 0 Å². The Morgan fingerprint density at radius 3 is 2.55 bits per heavy atom. The zero-order valence-corrected chi connectivity index (χ0v) is 6.16. The summed E-state index contributed by atoms with van der Waals surface area (Å²) in [6.45, 7) is 6.72. The van der Waals surface area contributed by atoms with Crippen LogP contribution in [0.2, 0.25) is 0 Å². The molecule has 0 amide bonds. The molecule has 0 bridgehead atoms. The van der Waals surface area contributed by atoms with Crippen LogP contribution in [0.4, 0.5) is 0 Å². The third kappa shape index (κ3) is 3.15. The average Bonchev–Trinajstić information content (AvgIpc) is 2.05. The molecule has 0 saturated heterocycles. The zero-order valence-electron chi connectivity index (χ0n) is 6.16. The molecule has 11 heavy (non-hydrogen) atoms. The molecular weight excluding hydrogens is 140 g/mol. The van der Waals surface area contributed by atoms with E-state index in [9.17, 15) is 4.79 Å². The smallest absolute Gasteiger partial charge is 0.142 e. The molecule has 0 spiro atoms. The van der Waals surface area contributed by atoms with Crippen molar-refractivity contribution in [3.8, 4) is 0 Å². The zero-order chi connectivity index (χ0) is 8.69. The minimum Gasteiger partial charge on any atom is -0.397 e. The highest BCUT2D eigenvalue weighted by atomic mass is 16.1. The van der Waals surface area contributed by atoms with Crippen LogP contribution in [0.5, 0.6) is 0 Å². The lowest BCUT2D eigenvalue weighted by Gasteiger charge is -1.94. The van der Waals surface area contributed by atoms with Crippen molar-refractivity contribution >= 4 is 13.0 Å². The van der Waals surface area contributed by atoms with E-state index in [1.165, 1.54) is 18.2 Å². The number of aldehydes is 1. The summed E-state index contributed by atoms with van der Waals surface area (Å²) in [5.74, 6) is 0. The van der Waals surface area contributed by atoms with Crippen molar-refractivity contribution in [1.82, 2.24) is 0 Å². The molecule has 0 atom stereocenters. The number of rotatable bonds is 4. The van der Waals surface area contributed by atoms with Gasteiger partial charge in [0.05, 0.1) is 11.4 Å². The number of carbonyl (C=O) groups excluding carboxylic acids is 1. The molecule has 0 rings (SSSR count). The maximum absolute atomic E-state index is 9.90. The first-order valence-corrected chi connectivity index (χ1v) is 2.97. The molecule has 2 N–H and O–H groups in total. The number of carbonyl (C=O) groups is 1. The van der Waals surface area contributed by atoms with E-state index >= 15 is 0 Å². The highest BCUT2D eigenvalue weighted by molar-refractivity contribution is 5.66. The van der Waals surface area contributed by atoms with Crippen LogP contribution in [0.15, 0.2) is 41.2 Å². The summed E-state index contributed by atoms with van der Waals surface area (Å²) < 4.78 is 0. The van der Waals surface area contributed by atoms with Gasteiger partial charge in [-0.1, -0.05) is 6.58 Å². The summed E-state index contributed by atoms with van der Waals surface area (Å²) in [6, 6.07) is 0. The van der Waals surface area contributed by atoms with Crippen LogP contribution in [-0.4, -0.2) is 13.0 Å². The molecule has 0 unspecified atom stereocenters. The van der Waals surface area contributed by atoms with Gasteiger partial charge in [-0.2, -0.15) is 0 Å². The van der Waals surface area contributed by atoms with E-state index in [-0.39, 0.29) is 0 Å². The lowest BCUT2D eigenvalue weighted by Crippen LogP contribution is -1.95. The van der Waals surface area contributed by atoms with Gasteiger partial charge in [-0.05, 0) is 24.9 Å². The summed E-state index contributed by atoms with van der Waals surface area (Å²) >= 11 is 0. The van der Waals surface area contributed by atoms with E-state index in [1.54, 1.807) is 0 Å². The fraction of sp³-hybridized carbons (Fsp3) is 0. The van der Waals surface area contributed by atoms with Gasteiger partial charge in [0.2, 0.25) is 0 Å². The first kappa shape index (κ1) is 9.36. The Hall–Kier alpha value is -1.64. The fourth-order valence-electron chi connectivity index (χ4n) is 0.475. The first-order valence-electron chi connectivity index (χ1n) is 2.97. The summed E-state index contributed by atoms with van der Waals surface area (Å²) in [6.07, 6.45) is 4.85. The van der Waals surface area contributed by atoms with Crippen molar-refractivity contribution < 1.29 is 4.79 Å². The largest absolute Gasteiger partial charge is 0.397 e. The van der Waals surface area contributed by atoms with Gasteiger partial charge in [-0.25, -0.2) is 0 Å². The average molecular weight is 150 g/mol. The number of aliphatic imine (C=N–C) groups is 1. The Morgan fingerprint density at radius 1 is 1.55 bits per heavy atom. The van der Waals surface area contributed by atoms with Crippen molar-refractivity contribution in [3.05, 3.63) is 36.2 Å². The van der Waals surface area contributed by atoms with Crippen molar-refractivity contribution in [2.75, 3.05) is 0 Å². The van der Waals surface area contributed by atoms with Crippen LogP contribution in [0.3, 0.4) is 0 Å². The molecule has 0 heterocycles. The second kappa shape index (κ2) is 5.17. The van der Waals surface area contributed by atoms with Crippen molar-refractivity contribution in [2.45, 2.75) is 0 Å². The standard InChI is InChI=1S/C8H10N2O/c1-3-7(9)8(10-2)5-4-6-11/h3-6H,1-2,9H2/b5-4+,8-7+. The molecule has 3 nitrogen and oxygen atoms in total. The molecule has 0 saturated carbocycles. The molecular formula is C8H10N2O. The fourth-order valence-corrected chi connectivity index (χ4v) is 0.475. The van der Waals surface area contributed by atoms with Gasteiger partial charge in [0.1, 0.15) is 6.29 Å². The van der Waals surface area contributed by atoms with Gasteiger partial charge in [-0.15, -0.1) is 0 Å². The maximum atomic E-state index is 9.90. The van der Waals surface area contributed by atoms with Crippen LogP contribution < -0.4 is 5.73 Å². The van der Waals surface area contributed by atoms with Crippen molar-refractivity contribution in [1.29, 1.82) is 0 Å². The molecule has 58 valence electrons. The summed E-state index contributed by atoms with van der Waals surface area (Å²) in [5.41, 5.74) is 6.28. The van der Waals surface area contributed by atoms with Gasteiger partial charge in [-0.3, -0.25) is 9.79 Å². The lowest BCUT2D eigenvalue weighted by molar-refractivity contribution is -0.104. The molecule has 0 fully saturated rings. The van der Waals surface area contributed by atoms with E-state index < -0.39 is 0 Å². The van der Waals surface area contributed by atoms with Crippen LogP contribution in [-0.2, 0) is 4.79 Å². The Morgan fingerprint density at radius 2 is 2.18 bits per heavy atom. The Balaban J connectivity index is 4.64. The molecule has 0 aliphatic rings. The van der Waals surface area contributed by atoms with Crippen LogP contribution >= 0.6 is 0 Å². The van der Waals surface area contributed by atoms with E-state index in [0.717, 1.165) is 0 Å². The molecule has 3 heteroatoms. The normalized spacial score (nSPS) is 12.4. The predicted molar refractivity (Wildman–Crippen MR) is 46.2 cm³/mol. The number of hydrogen-bond donors (Lipinski definition) is 1. The van der Waals surface area contributed by atoms with Gasteiger partial charge < -0.3 is 5.73 Å². The first-order chi connectivity index (χ1) is 5.26. The van der Waals surface area contributed by atoms with Gasteiger partial charge in [0, 0.05) is 0 Å². The van der Waals surface area contributed by atoms with Crippen LogP contribution in [0, 0.1) is 0 Å². The van der Waals surface area contributed by atoms with E-state index in [0.29, 0.717) is 17.7 Å². The number of allylic oxidation sites excluding steroid dienone is 3. The monoisotopic (exact) mass is 150 g/mol. The summed E-state index contributed by atoms with van der Waals surface area (Å²) in [7, 11) is 0.